The molecule has 0 aliphatic heterocycles. The van der Waals surface area contributed by atoms with Gasteiger partial charge in [-0.05, 0) is 6.92 Å². The van der Waals surface area contributed by atoms with E-state index in [1.54, 1.807) is 6.92 Å². The number of carbonyl (C=O) groups is 1. The molecule has 8 heteroatoms. The first kappa shape index (κ1) is 10.0. The zero-order chi connectivity index (χ0) is 11.7. The van der Waals surface area contributed by atoms with E-state index in [1.165, 1.54) is 6.20 Å². The minimum absolute atomic E-state index is 0.0398. The van der Waals surface area contributed by atoms with E-state index in [0.29, 0.717) is 17.2 Å². The summed E-state index contributed by atoms with van der Waals surface area (Å²) in [5.41, 5.74) is 11.8. The van der Waals surface area contributed by atoms with E-state index in [0.717, 1.165) is 0 Å². The van der Waals surface area contributed by atoms with Crippen molar-refractivity contribution in [2.45, 2.75) is 6.92 Å². The van der Waals surface area contributed by atoms with Gasteiger partial charge >= 0.3 is 0 Å². The maximum absolute atomic E-state index is 11.1. The summed E-state index contributed by atoms with van der Waals surface area (Å²) in [6.45, 7) is 1.63. The van der Waals surface area contributed by atoms with Crippen LogP contribution in [0.5, 0.6) is 0 Å². The lowest BCUT2D eigenvalue weighted by molar-refractivity contribution is 0.1000. The molecule has 8 nitrogen and oxygen atoms in total. The molecule has 0 radical (unpaired) electrons. The van der Waals surface area contributed by atoms with E-state index in [2.05, 4.69) is 25.4 Å². The molecule has 0 unspecified atom stereocenters. The molecule has 2 aromatic rings. The molecule has 0 aliphatic rings. The maximum atomic E-state index is 11.1. The molecule has 0 aliphatic carbocycles. The van der Waals surface area contributed by atoms with Crippen molar-refractivity contribution in [2.24, 2.45) is 5.73 Å². The van der Waals surface area contributed by atoms with Crippen LogP contribution >= 0.6 is 0 Å². The number of nitrogens with one attached hydrogen (secondary N) is 1. The van der Waals surface area contributed by atoms with Gasteiger partial charge in [0.1, 0.15) is 17.1 Å². The van der Waals surface area contributed by atoms with Crippen molar-refractivity contribution >= 4 is 11.7 Å². The number of amides is 1. The van der Waals surface area contributed by atoms with Gasteiger partial charge in [0.15, 0.2) is 5.82 Å². The summed E-state index contributed by atoms with van der Waals surface area (Å²) < 4.78 is 0. The number of H-pyrrole nitrogens is 1. The molecule has 0 bridgehead atoms. The first-order valence-electron chi connectivity index (χ1n) is 4.39. The number of rotatable bonds is 2. The molecule has 5 N–H and O–H groups in total. The van der Waals surface area contributed by atoms with Gasteiger partial charge in [-0.25, -0.2) is 9.97 Å². The normalized spacial score (nSPS) is 10.3. The van der Waals surface area contributed by atoms with Crippen LogP contribution in [-0.4, -0.2) is 31.3 Å². The van der Waals surface area contributed by atoms with Gasteiger partial charge in [-0.1, -0.05) is 0 Å². The Kier molecular flexibility index (Phi) is 2.24. The van der Waals surface area contributed by atoms with Gasteiger partial charge in [0.05, 0.1) is 11.9 Å². The quantitative estimate of drug-likeness (QED) is 0.607. The Bertz CT molecular complexity index is 510. The summed E-state index contributed by atoms with van der Waals surface area (Å²) in [6.07, 6.45) is 1.46. The SMILES string of the molecule is Cc1nc(-c2cn[nH]n2)nc(N)c1C(N)=O. The summed E-state index contributed by atoms with van der Waals surface area (Å²) >= 11 is 0. The second kappa shape index (κ2) is 3.57. The number of aromatic amines is 1. The van der Waals surface area contributed by atoms with Crippen LogP contribution in [0.4, 0.5) is 5.82 Å². The Morgan fingerprint density at radius 1 is 1.44 bits per heavy atom. The van der Waals surface area contributed by atoms with Crippen LogP contribution in [0, 0.1) is 6.92 Å². The standard InChI is InChI=1S/C8H9N7O/c1-3-5(7(10)16)6(9)13-8(12-3)4-2-11-15-14-4/h2H,1H3,(H2,10,16)(H2,9,12,13)(H,11,14,15). The number of nitrogen functional groups attached to an aromatic ring is 1. The highest BCUT2D eigenvalue weighted by molar-refractivity contribution is 5.98. The second-order valence-electron chi connectivity index (χ2n) is 3.11. The van der Waals surface area contributed by atoms with E-state index < -0.39 is 5.91 Å². The minimum Gasteiger partial charge on any atom is -0.383 e. The summed E-state index contributed by atoms with van der Waals surface area (Å²) in [5.74, 6) is -0.312. The molecule has 0 spiro atoms. The summed E-state index contributed by atoms with van der Waals surface area (Å²) in [4.78, 5) is 19.1. The molecule has 0 saturated carbocycles. The molecule has 2 rings (SSSR count). The van der Waals surface area contributed by atoms with Crippen LogP contribution in [0.2, 0.25) is 0 Å². The smallest absolute Gasteiger partial charge is 0.254 e. The lowest BCUT2D eigenvalue weighted by Gasteiger charge is -2.05. The van der Waals surface area contributed by atoms with Crippen LogP contribution < -0.4 is 11.5 Å². The lowest BCUT2D eigenvalue weighted by atomic mass is 10.2. The van der Waals surface area contributed by atoms with Crippen molar-refractivity contribution in [3.63, 3.8) is 0 Å². The summed E-state index contributed by atoms with van der Waals surface area (Å²) in [7, 11) is 0. The topological polar surface area (TPSA) is 136 Å². The van der Waals surface area contributed by atoms with E-state index in [9.17, 15) is 4.79 Å². The summed E-state index contributed by atoms with van der Waals surface area (Å²) in [6, 6.07) is 0. The number of hydrogen-bond acceptors (Lipinski definition) is 6. The first-order valence-corrected chi connectivity index (χ1v) is 4.39. The predicted octanol–water partition coefficient (Wildman–Crippen LogP) is -0.749. The van der Waals surface area contributed by atoms with Crippen molar-refractivity contribution in [2.75, 3.05) is 5.73 Å². The van der Waals surface area contributed by atoms with Crippen molar-refractivity contribution in [1.82, 2.24) is 25.4 Å². The van der Waals surface area contributed by atoms with Crippen molar-refractivity contribution in [1.29, 1.82) is 0 Å². The number of hydrogen-bond donors (Lipinski definition) is 3. The Labute approximate surface area is 90.1 Å². The number of anilines is 1. The van der Waals surface area contributed by atoms with Gasteiger partial charge in [-0.2, -0.15) is 15.4 Å². The third kappa shape index (κ3) is 1.56. The average Bonchev–Trinajstić information content (AvgIpc) is 2.67. The van der Waals surface area contributed by atoms with Crippen LogP contribution in [0.3, 0.4) is 0 Å². The van der Waals surface area contributed by atoms with Gasteiger partial charge < -0.3 is 11.5 Å². The molecule has 0 saturated heterocycles. The van der Waals surface area contributed by atoms with Gasteiger partial charge in [0.2, 0.25) is 0 Å². The van der Waals surface area contributed by atoms with Crippen LogP contribution in [0.25, 0.3) is 11.5 Å². The molecule has 16 heavy (non-hydrogen) atoms. The highest BCUT2D eigenvalue weighted by atomic mass is 16.1. The van der Waals surface area contributed by atoms with E-state index in [1.807, 2.05) is 0 Å². The van der Waals surface area contributed by atoms with Gasteiger partial charge in [-0.3, -0.25) is 4.79 Å². The van der Waals surface area contributed by atoms with Crippen LogP contribution in [0.1, 0.15) is 16.1 Å². The average molecular weight is 219 g/mol. The highest BCUT2D eigenvalue weighted by Crippen LogP contribution is 2.17. The monoisotopic (exact) mass is 219 g/mol. The van der Waals surface area contributed by atoms with Gasteiger partial charge in [0, 0.05) is 0 Å². The number of aryl methyl sites for hydroxylation is 1. The Morgan fingerprint density at radius 2 is 2.19 bits per heavy atom. The lowest BCUT2D eigenvalue weighted by Crippen LogP contribution is -2.17. The van der Waals surface area contributed by atoms with E-state index in [-0.39, 0.29) is 11.4 Å². The molecule has 82 valence electrons. The van der Waals surface area contributed by atoms with Crippen LogP contribution in [0.15, 0.2) is 6.20 Å². The number of aromatic nitrogens is 5. The van der Waals surface area contributed by atoms with E-state index >= 15 is 0 Å². The largest absolute Gasteiger partial charge is 0.383 e. The second-order valence-corrected chi connectivity index (χ2v) is 3.11. The fourth-order valence-electron chi connectivity index (χ4n) is 1.32. The van der Waals surface area contributed by atoms with Crippen molar-refractivity contribution < 1.29 is 4.79 Å². The predicted molar refractivity (Wildman–Crippen MR) is 55.1 cm³/mol. The maximum Gasteiger partial charge on any atom is 0.254 e. The fraction of sp³-hybridized carbons (Fsp3) is 0.125. The molecule has 2 aromatic heterocycles. The number of carbonyl (C=O) groups excluding carboxylic acids is 1. The first-order chi connectivity index (χ1) is 7.59. The number of primary amides is 1. The molecule has 0 fully saturated rings. The third-order valence-electron chi connectivity index (χ3n) is 2.01. The Balaban J connectivity index is 2.58. The molecule has 1 amide bonds. The molecular formula is C8H9N7O. The molecular weight excluding hydrogens is 210 g/mol. The third-order valence-corrected chi connectivity index (χ3v) is 2.01. The Hall–Kier alpha value is -2.51. The van der Waals surface area contributed by atoms with E-state index in [4.69, 9.17) is 11.5 Å². The zero-order valence-electron chi connectivity index (χ0n) is 8.43. The van der Waals surface area contributed by atoms with Crippen LogP contribution in [-0.2, 0) is 0 Å². The summed E-state index contributed by atoms with van der Waals surface area (Å²) in [5, 5.41) is 9.87. The highest BCUT2D eigenvalue weighted by Gasteiger charge is 2.15. The molecule has 2 heterocycles. The molecule has 0 aromatic carbocycles. The number of nitrogens with zero attached hydrogens (tertiary/aromatic N) is 4. The van der Waals surface area contributed by atoms with Gasteiger partial charge in [0.25, 0.3) is 5.91 Å². The van der Waals surface area contributed by atoms with Gasteiger partial charge in [-0.15, -0.1) is 0 Å². The Morgan fingerprint density at radius 3 is 2.69 bits per heavy atom. The fourth-order valence-corrected chi connectivity index (χ4v) is 1.32. The number of nitrogens with two attached hydrogens (primary N) is 2. The van der Waals surface area contributed by atoms with Crippen molar-refractivity contribution in [3.05, 3.63) is 17.5 Å². The zero-order valence-corrected chi connectivity index (χ0v) is 8.43. The minimum atomic E-state index is -0.651. The van der Waals surface area contributed by atoms with Crippen molar-refractivity contribution in [3.8, 4) is 11.5 Å². The molecule has 0 atom stereocenters.